The summed E-state index contributed by atoms with van der Waals surface area (Å²) in [6.07, 6.45) is 3.82. The molecule has 2 aromatic carbocycles. The lowest BCUT2D eigenvalue weighted by molar-refractivity contribution is -0.126. The average Bonchev–Trinajstić information content (AvgIpc) is 3.38. The first-order valence-electron chi connectivity index (χ1n) is 9.23. The van der Waals surface area contributed by atoms with Gasteiger partial charge in [0.25, 0.3) is 0 Å². The summed E-state index contributed by atoms with van der Waals surface area (Å²) in [5.41, 5.74) is 2.24. The van der Waals surface area contributed by atoms with Crippen molar-refractivity contribution in [2.75, 3.05) is 0 Å². The molecule has 1 aliphatic rings. The van der Waals surface area contributed by atoms with E-state index in [4.69, 9.17) is 16.1 Å². The van der Waals surface area contributed by atoms with Crippen LogP contribution in [-0.2, 0) is 16.8 Å². The van der Waals surface area contributed by atoms with E-state index in [0.29, 0.717) is 23.0 Å². The number of carbonyl (C=O) groups is 1. The molecule has 0 atom stereocenters. The Morgan fingerprint density at radius 2 is 1.78 bits per heavy atom. The zero-order valence-corrected chi connectivity index (χ0v) is 15.7. The predicted octanol–water partition coefficient (Wildman–Crippen LogP) is 5.12. The van der Waals surface area contributed by atoms with E-state index >= 15 is 0 Å². The van der Waals surface area contributed by atoms with Gasteiger partial charge in [0.2, 0.25) is 5.91 Å². The fourth-order valence-corrected chi connectivity index (χ4v) is 3.99. The van der Waals surface area contributed by atoms with Crippen LogP contribution >= 0.6 is 11.6 Å². The molecule has 5 heteroatoms. The predicted molar refractivity (Wildman–Crippen MR) is 105 cm³/mol. The Kier molecular flexibility index (Phi) is 4.99. The Hall–Kier alpha value is -2.59. The van der Waals surface area contributed by atoms with Crippen LogP contribution in [0, 0.1) is 0 Å². The Morgan fingerprint density at radius 1 is 1.07 bits per heavy atom. The first-order chi connectivity index (χ1) is 13.2. The number of rotatable bonds is 5. The number of nitrogens with one attached hydrogen (secondary N) is 1. The maximum absolute atomic E-state index is 13.1. The van der Waals surface area contributed by atoms with Crippen LogP contribution in [0.3, 0.4) is 0 Å². The fraction of sp³-hybridized carbons (Fsp3) is 0.273. The van der Waals surface area contributed by atoms with Gasteiger partial charge in [-0.3, -0.25) is 4.79 Å². The van der Waals surface area contributed by atoms with Crippen LogP contribution in [0.4, 0.5) is 0 Å². The van der Waals surface area contributed by atoms with Crippen LogP contribution in [-0.4, -0.2) is 11.1 Å². The number of aromatic nitrogens is 1. The van der Waals surface area contributed by atoms with Gasteiger partial charge in [0, 0.05) is 16.7 Å². The Morgan fingerprint density at radius 3 is 2.48 bits per heavy atom. The van der Waals surface area contributed by atoms with Gasteiger partial charge >= 0.3 is 0 Å². The van der Waals surface area contributed by atoms with Crippen LogP contribution in [0.5, 0.6) is 0 Å². The highest BCUT2D eigenvalue weighted by molar-refractivity contribution is 6.30. The largest absolute Gasteiger partial charge is 0.356 e. The molecule has 1 saturated carbocycles. The number of amides is 1. The van der Waals surface area contributed by atoms with E-state index in [9.17, 15) is 4.79 Å². The van der Waals surface area contributed by atoms with Gasteiger partial charge in [-0.05, 0) is 30.5 Å². The minimum atomic E-state index is -0.476. The number of carbonyl (C=O) groups excluding carboxylic acids is 1. The zero-order valence-electron chi connectivity index (χ0n) is 15.0. The average molecular weight is 381 g/mol. The van der Waals surface area contributed by atoms with E-state index < -0.39 is 5.41 Å². The molecule has 1 N–H and O–H groups in total. The third-order valence-electron chi connectivity index (χ3n) is 5.34. The Bertz CT molecular complexity index is 913. The van der Waals surface area contributed by atoms with Crippen LogP contribution in [0.2, 0.25) is 5.02 Å². The second kappa shape index (κ2) is 7.57. The molecule has 0 radical (unpaired) electrons. The Balaban J connectivity index is 1.48. The maximum Gasteiger partial charge on any atom is 0.230 e. The van der Waals surface area contributed by atoms with Crippen molar-refractivity contribution >= 4 is 17.5 Å². The summed E-state index contributed by atoms with van der Waals surface area (Å²) in [5.74, 6) is 0.750. The van der Waals surface area contributed by atoms with Gasteiger partial charge < -0.3 is 9.84 Å². The molecule has 4 rings (SSSR count). The standard InChI is InChI=1S/C22H21ClN2O2/c23-18-10-8-17(9-11-18)22(12-4-5-13-22)21(26)24-15-19-14-20(27-25-19)16-6-2-1-3-7-16/h1-3,6-11,14H,4-5,12-13,15H2,(H,24,26). The highest BCUT2D eigenvalue weighted by atomic mass is 35.5. The van der Waals surface area contributed by atoms with Gasteiger partial charge in [0.15, 0.2) is 5.76 Å². The van der Waals surface area contributed by atoms with Crippen LogP contribution in [0.1, 0.15) is 36.9 Å². The number of benzene rings is 2. The molecule has 0 saturated heterocycles. The van der Waals surface area contributed by atoms with Crippen LogP contribution < -0.4 is 5.32 Å². The minimum absolute atomic E-state index is 0.0478. The quantitative estimate of drug-likeness (QED) is 0.668. The lowest BCUT2D eigenvalue weighted by atomic mass is 9.78. The maximum atomic E-state index is 13.1. The van der Waals surface area contributed by atoms with Gasteiger partial charge in [-0.15, -0.1) is 0 Å². The number of nitrogens with zero attached hydrogens (tertiary/aromatic N) is 1. The number of hydrogen-bond acceptors (Lipinski definition) is 3. The van der Waals surface area contributed by atoms with Crippen molar-refractivity contribution in [2.45, 2.75) is 37.6 Å². The zero-order chi connectivity index (χ0) is 18.7. The molecule has 27 heavy (non-hydrogen) atoms. The summed E-state index contributed by atoms with van der Waals surface area (Å²) in [4.78, 5) is 13.1. The van der Waals surface area contributed by atoms with Crippen molar-refractivity contribution in [3.63, 3.8) is 0 Å². The normalized spacial score (nSPS) is 15.6. The van der Waals surface area contributed by atoms with Gasteiger partial charge in [-0.2, -0.15) is 0 Å². The van der Waals surface area contributed by atoms with Crippen LogP contribution in [0.25, 0.3) is 11.3 Å². The summed E-state index contributed by atoms with van der Waals surface area (Å²) >= 11 is 6.02. The lowest BCUT2D eigenvalue weighted by Gasteiger charge is -2.28. The molecule has 1 aliphatic carbocycles. The van der Waals surface area contributed by atoms with E-state index in [0.717, 1.165) is 36.8 Å². The lowest BCUT2D eigenvalue weighted by Crippen LogP contribution is -2.42. The molecule has 138 valence electrons. The van der Waals surface area contributed by atoms with Crippen molar-refractivity contribution in [1.29, 1.82) is 0 Å². The molecule has 1 amide bonds. The molecule has 0 aliphatic heterocycles. The van der Waals surface area contributed by atoms with Gasteiger partial charge in [0.05, 0.1) is 12.0 Å². The highest BCUT2D eigenvalue weighted by Gasteiger charge is 2.42. The van der Waals surface area contributed by atoms with Crippen molar-refractivity contribution in [1.82, 2.24) is 10.5 Å². The molecule has 1 heterocycles. The topological polar surface area (TPSA) is 55.1 Å². The van der Waals surface area contributed by atoms with Crippen LogP contribution in [0.15, 0.2) is 65.2 Å². The molecule has 0 unspecified atom stereocenters. The molecule has 3 aromatic rings. The third-order valence-corrected chi connectivity index (χ3v) is 5.59. The van der Waals surface area contributed by atoms with Crippen molar-refractivity contribution < 1.29 is 9.32 Å². The minimum Gasteiger partial charge on any atom is -0.356 e. The summed E-state index contributed by atoms with van der Waals surface area (Å²) in [6.45, 7) is 0.352. The van der Waals surface area contributed by atoms with Gasteiger partial charge in [0.1, 0.15) is 5.69 Å². The smallest absolute Gasteiger partial charge is 0.230 e. The molecular formula is C22H21ClN2O2. The summed E-state index contributed by atoms with van der Waals surface area (Å²) in [5, 5.41) is 7.84. The second-order valence-corrected chi connectivity index (χ2v) is 7.46. The van der Waals surface area contributed by atoms with E-state index in [2.05, 4.69) is 10.5 Å². The highest BCUT2D eigenvalue weighted by Crippen LogP contribution is 2.41. The molecule has 1 fully saturated rings. The van der Waals surface area contributed by atoms with Gasteiger partial charge in [-0.25, -0.2) is 0 Å². The van der Waals surface area contributed by atoms with E-state index in [-0.39, 0.29) is 5.91 Å². The van der Waals surface area contributed by atoms with Crippen molar-refractivity contribution in [2.24, 2.45) is 0 Å². The summed E-state index contributed by atoms with van der Waals surface area (Å²) < 4.78 is 5.42. The first-order valence-corrected chi connectivity index (χ1v) is 9.60. The second-order valence-electron chi connectivity index (χ2n) is 7.03. The molecule has 0 spiro atoms. The Labute approximate surface area is 163 Å². The van der Waals surface area contributed by atoms with Gasteiger partial charge in [-0.1, -0.05) is 72.1 Å². The SMILES string of the molecule is O=C(NCc1cc(-c2ccccc2)on1)C1(c2ccc(Cl)cc2)CCCC1. The van der Waals surface area contributed by atoms with E-state index in [1.165, 1.54) is 0 Å². The van der Waals surface area contributed by atoms with E-state index in [1.54, 1.807) is 0 Å². The number of hydrogen-bond donors (Lipinski definition) is 1. The fourth-order valence-electron chi connectivity index (χ4n) is 3.87. The molecule has 1 aromatic heterocycles. The number of halogens is 1. The first kappa shape index (κ1) is 17.8. The summed E-state index contributed by atoms with van der Waals surface area (Å²) in [7, 11) is 0. The monoisotopic (exact) mass is 380 g/mol. The molecule has 4 nitrogen and oxygen atoms in total. The van der Waals surface area contributed by atoms with Crippen molar-refractivity contribution in [3.8, 4) is 11.3 Å². The van der Waals surface area contributed by atoms with E-state index in [1.807, 2.05) is 60.7 Å². The van der Waals surface area contributed by atoms with Crippen molar-refractivity contribution in [3.05, 3.63) is 76.9 Å². The summed E-state index contributed by atoms with van der Waals surface area (Å²) in [6, 6.07) is 19.3. The molecule has 0 bridgehead atoms. The third kappa shape index (κ3) is 3.62. The molecular weight excluding hydrogens is 360 g/mol.